The summed E-state index contributed by atoms with van der Waals surface area (Å²) in [6.45, 7) is 9.38. The molecule has 0 aromatic rings. The predicted molar refractivity (Wildman–Crippen MR) is 110 cm³/mol. The van der Waals surface area contributed by atoms with Crippen LogP contribution >= 0.6 is 0 Å². The molecule has 2 aliphatic carbocycles. The molecule has 1 amide bonds. The van der Waals surface area contributed by atoms with Gasteiger partial charge in [0.1, 0.15) is 5.78 Å². The third kappa shape index (κ3) is 7.70. The van der Waals surface area contributed by atoms with Gasteiger partial charge in [0.25, 0.3) is 0 Å². The van der Waals surface area contributed by atoms with Crippen LogP contribution in [0.1, 0.15) is 72.6 Å². The minimum atomic E-state index is -0.662. The van der Waals surface area contributed by atoms with Gasteiger partial charge in [-0.3, -0.25) is 4.79 Å². The highest BCUT2D eigenvalue weighted by Crippen LogP contribution is 2.31. The smallest absolute Gasteiger partial charge is 0.407 e. The van der Waals surface area contributed by atoms with Crippen molar-refractivity contribution in [2.24, 2.45) is 23.7 Å². The summed E-state index contributed by atoms with van der Waals surface area (Å²) in [7, 11) is 0. The van der Waals surface area contributed by atoms with E-state index in [1.807, 2.05) is 13.8 Å². The molecule has 2 aliphatic rings. The van der Waals surface area contributed by atoms with Crippen LogP contribution in [0.4, 0.5) is 4.79 Å². The van der Waals surface area contributed by atoms with Crippen LogP contribution in [0, 0.1) is 23.7 Å². The van der Waals surface area contributed by atoms with Crippen LogP contribution in [-0.4, -0.2) is 48.3 Å². The van der Waals surface area contributed by atoms with Gasteiger partial charge in [-0.2, -0.15) is 0 Å². The lowest BCUT2D eigenvalue weighted by molar-refractivity contribution is -0.112. The molecule has 6 heteroatoms. The first-order chi connectivity index (χ1) is 13.3. The minimum absolute atomic E-state index is 0.0674. The van der Waals surface area contributed by atoms with Gasteiger partial charge >= 0.3 is 6.09 Å². The number of carbonyl (C=O) groups excluding carboxylic acids is 2. The Balaban J connectivity index is 1.81. The van der Waals surface area contributed by atoms with Gasteiger partial charge in [0, 0.05) is 25.0 Å². The van der Waals surface area contributed by atoms with Crippen LogP contribution in [0.15, 0.2) is 0 Å². The first kappa shape index (κ1) is 23.1. The van der Waals surface area contributed by atoms with Gasteiger partial charge in [-0.05, 0) is 37.0 Å². The molecule has 0 aliphatic heterocycles. The van der Waals surface area contributed by atoms with Crippen molar-refractivity contribution < 1.29 is 19.4 Å². The maximum absolute atomic E-state index is 12.3. The molecule has 0 radical (unpaired) electrons. The number of Topliss-reactive ketones (excluding diaryl/α,β-unsaturated/α-hetero) is 1. The summed E-state index contributed by atoms with van der Waals surface area (Å²) in [5.74, 6) is 1.04. The Morgan fingerprint density at radius 2 is 1.82 bits per heavy atom. The van der Waals surface area contributed by atoms with E-state index in [4.69, 9.17) is 4.74 Å². The highest BCUT2D eigenvalue weighted by atomic mass is 16.5. The maximum atomic E-state index is 12.3. The topological polar surface area (TPSA) is 87.7 Å². The lowest BCUT2D eigenvalue weighted by Crippen LogP contribution is -2.51. The fourth-order valence-electron chi connectivity index (χ4n) is 4.27. The zero-order valence-electron chi connectivity index (χ0n) is 18.1. The number of ether oxygens (including phenoxy) is 1. The van der Waals surface area contributed by atoms with E-state index in [2.05, 4.69) is 24.5 Å². The molecule has 2 unspecified atom stereocenters. The van der Waals surface area contributed by atoms with E-state index in [9.17, 15) is 14.7 Å². The Morgan fingerprint density at radius 3 is 2.36 bits per heavy atom. The Hall–Kier alpha value is -1.14. The molecule has 0 bridgehead atoms. The molecule has 0 aromatic carbocycles. The summed E-state index contributed by atoms with van der Waals surface area (Å²) >= 11 is 0. The summed E-state index contributed by atoms with van der Waals surface area (Å²) in [6, 6.07) is -0.228. The largest absolute Gasteiger partial charge is 0.449 e. The van der Waals surface area contributed by atoms with E-state index in [0.29, 0.717) is 31.4 Å². The molecule has 162 valence electrons. The molecule has 4 atom stereocenters. The Bertz CT molecular complexity index is 503. The second-order valence-electron chi connectivity index (χ2n) is 9.52. The lowest BCUT2D eigenvalue weighted by atomic mass is 9.90. The summed E-state index contributed by atoms with van der Waals surface area (Å²) in [5.41, 5.74) is 0. The van der Waals surface area contributed by atoms with E-state index < -0.39 is 6.10 Å². The Morgan fingerprint density at radius 1 is 1.18 bits per heavy atom. The summed E-state index contributed by atoms with van der Waals surface area (Å²) in [4.78, 5) is 23.7. The van der Waals surface area contributed by atoms with Crippen LogP contribution in [0.25, 0.3) is 0 Å². The van der Waals surface area contributed by atoms with Gasteiger partial charge in [-0.25, -0.2) is 4.79 Å². The monoisotopic (exact) mass is 396 g/mol. The third-order valence-corrected chi connectivity index (χ3v) is 6.03. The number of ketones is 1. The molecule has 2 fully saturated rings. The van der Waals surface area contributed by atoms with Crippen molar-refractivity contribution in [3.05, 3.63) is 0 Å². The molecule has 0 spiro atoms. The molecule has 28 heavy (non-hydrogen) atoms. The second-order valence-corrected chi connectivity index (χ2v) is 9.52. The van der Waals surface area contributed by atoms with E-state index in [1.54, 1.807) is 0 Å². The minimum Gasteiger partial charge on any atom is -0.449 e. The van der Waals surface area contributed by atoms with Crippen molar-refractivity contribution in [3.8, 4) is 0 Å². The number of carbonyl (C=O) groups is 2. The highest BCUT2D eigenvalue weighted by Gasteiger charge is 2.44. The van der Waals surface area contributed by atoms with Crippen molar-refractivity contribution >= 4 is 11.9 Å². The van der Waals surface area contributed by atoms with Crippen molar-refractivity contribution in [2.45, 2.75) is 90.8 Å². The zero-order valence-corrected chi connectivity index (χ0v) is 18.1. The predicted octanol–water partition coefficient (Wildman–Crippen LogP) is 3.27. The van der Waals surface area contributed by atoms with Gasteiger partial charge < -0.3 is 20.5 Å². The summed E-state index contributed by atoms with van der Waals surface area (Å²) in [5, 5.41) is 16.9. The highest BCUT2D eigenvalue weighted by molar-refractivity contribution is 5.96. The number of hydrogen-bond acceptors (Lipinski definition) is 5. The van der Waals surface area contributed by atoms with Gasteiger partial charge in [-0.1, -0.05) is 47.0 Å². The number of alkyl carbamates (subject to hydrolysis) is 1. The van der Waals surface area contributed by atoms with Crippen LogP contribution < -0.4 is 10.6 Å². The van der Waals surface area contributed by atoms with Crippen molar-refractivity contribution in [1.29, 1.82) is 0 Å². The van der Waals surface area contributed by atoms with E-state index in [1.165, 1.54) is 19.3 Å². The lowest BCUT2D eigenvalue weighted by Gasteiger charge is -2.30. The number of nitrogens with one attached hydrogen (secondary N) is 2. The van der Waals surface area contributed by atoms with Crippen LogP contribution in [0.2, 0.25) is 0 Å². The van der Waals surface area contributed by atoms with E-state index >= 15 is 0 Å². The molecule has 6 nitrogen and oxygen atoms in total. The molecule has 2 rings (SSSR count). The van der Waals surface area contributed by atoms with Crippen LogP contribution in [0.5, 0.6) is 0 Å². The Labute approximate surface area is 170 Å². The summed E-state index contributed by atoms with van der Waals surface area (Å²) < 4.78 is 5.49. The molecular formula is C22H40N2O4. The molecule has 0 saturated heterocycles. The normalized spacial score (nSPS) is 23.5. The molecule has 2 saturated carbocycles. The number of hydrogen-bond donors (Lipinski definition) is 3. The average molecular weight is 397 g/mol. The number of aliphatic hydroxyl groups excluding tert-OH is 1. The van der Waals surface area contributed by atoms with Crippen LogP contribution in [-0.2, 0) is 9.53 Å². The van der Waals surface area contributed by atoms with Crippen molar-refractivity contribution in [3.63, 3.8) is 0 Å². The standard InChI is InChI=1S/C22H40N2O4/c1-14(2)10-17(24-22(27)28-13-16-8-6-5-7-9-16)12-23-20(15(3)4)21(26)18-11-19(18)25/h14-18,20-21,23,26H,5-13H2,1-4H3,(H,24,27)/t17-,18?,20+,21?/m1/s1. The fourth-order valence-corrected chi connectivity index (χ4v) is 4.27. The number of amides is 1. The van der Waals surface area contributed by atoms with E-state index in [-0.39, 0.29) is 35.8 Å². The van der Waals surface area contributed by atoms with E-state index in [0.717, 1.165) is 19.3 Å². The third-order valence-electron chi connectivity index (χ3n) is 6.03. The van der Waals surface area contributed by atoms with Gasteiger partial charge in [0.15, 0.2) is 0 Å². The molecule has 0 heterocycles. The SMILES string of the molecule is CC(C)C[C@H](CN[C@@H](C(C)C)C(O)C1CC1=O)NC(=O)OCC1CCCCC1. The molecule has 3 N–H and O–H groups in total. The first-order valence-electron chi connectivity index (χ1n) is 11.1. The molecular weight excluding hydrogens is 356 g/mol. The van der Waals surface area contributed by atoms with Crippen LogP contribution in [0.3, 0.4) is 0 Å². The van der Waals surface area contributed by atoms with Crippen molar-refractivity contribution in [2.75, 3.05) is 13.2 Å². The fraction of sp³-hybridized carbons (Fsp3) is 0.909. The average Bonchev–Trinajstić information content (AvgIpc) is 3.36. The van der Waals surface area contributed by atoms with Crippen molar-refractivity contribution in [1.82, 2.24) is 10.6 Å². The molecule has 0 aromatic heterocycles. The Kier molecular flexibility index (Phi) is 9.22. The maximum Gasteiger partial charge on any atom is 0.407 e. The van der Waals surface area contributed by atoms with Gasteiger partial charge in [-0.15, -0.1) is 0 Å². The van der Waals surface area contributed by atoms with Gasteiger partial charge in [0.05, 0.1) is 18.6 Å². The number of rotatable bonds is 11. The quantitative estimate of drug-likeness (QED) is 0.499. The van der Waals surface area contributed by atoms with Gasteiger partial charge in [0.2, 0.25) is 0 Å². The zero-order chi connectivity index (χ0) is 20.7. The number of aliphatic hydroxyl groups is 1. The first-order valence-corrected chi connectivity index (χ1v) is 11.1. The second kappa shape index (κ2) is 11.1. The summed E-state index contributed by atoms with van der Waals surface area (Å²) in [6.07, 6.45) is 6.36.